The van der Waals surface area contributed by atoms with Crippen molar-refractivity contribution < 1.29 is 9.53 Å². The van der Waals surface area contributed by atoms with Crippen molar-refractivity contribution in [2.45, 2.75) is 6.42 Å². The lowest BCUT2D eigenvalue weighted by Gasteiger charge is -2.17. The summed E-state index contributed by atoms with van der Waals surface area (Å²) < 4.78 is 5.48. The van der Waals surface area contributed by atoms with Gasteiger partial charge in [-0.3, -0.25) is 4.79 Å². The highest BCUT2D eigenvalue weighted by Gasteiger charge is 2.28. The number of hydrogen-bond donors (Lipinski definition) is 4. The number of carbonyl (C=O) groups excluding carboxylic acids is 1. The number of nitrogens with one attached hydrogen (secondary N) is 4. The smallest absolute Gasteiger partial charge is 0.255 e. The molecule has 29 heavy (non-hydrogen) atoms. The van der Waals surface area contributed by atoms with E-state index in [0.29, 0.717) is 34.3 Å². The summed E-state index contributed by atoms with van der Waals surface area (Å²) in [6.45, 7) is 0.599. The number of anilines is 2. The molecular formula is C21H18ClN5O2. The zero-order chi connectivity index (χ0) is 20.0. The van der Waals surface area contributed by atoms with Crippen LogP contribution in [0, 0.1) is 0 Å². The Bertz CT molecular complexity index is 1240. The second kappa shape index (κ2) is 6.86. The zero-order valence-electron chi connectivity index (χ0n) is 15.6. The lowest BCUT2D eigenvalue weighted by molar-refractivity contribution is 0.0947. The molecule has 0 bridgehead atoms. The van der Waals surface area contributed by atoms with Gasteiger partial charge >= 0.3 is 0 Å². The van der Waals surface area contributed by atoms with Crippen LogP contribution in [0.25, 0.3) is 22.3 Å². The summed E-state index contributed by atoms with van der Waals surface area (Å²) in [7, 11) is 1.57. The maximum Gasteiger partial charge on any atom is 0.255 e. The molecule has 0 atom stereocenters. The molecule has 1 aromatic carbocycles. The number of aromatic nitrogens is 3. The van der Waals surface area contributed by atoms with Gasteiger partial charge in [0.2, 0.25) is 0 Å². The fourth-order valence-corrected chi connectivity index (χ4v) is 4.09. The van der Waals surface area contributed by atoms with Crippen molar-refractivity contribution in [1.82, 2.24) is 20.3 Å². The largest absolute Gasteiger partial charge is 0.493 e. The van der Waals surface area contributed by atoms with Crippen molar-refractivity contribution in [2.24, 2.45) is 0 Å². The highest BCUT2D eigenvalue weighted by Crippen LogP contribution is 2.42. The molecule has 0 spiro atoms. The maximum atomic E-state index is 12.7. The van der Waals surface area contributed by atoms with Crippen LogP contribution >= 0.6 is 11.6 Å². The Morgan fingerprint density at radius 1 is 1.24 bits per heavy atom. The number of hydrogen-bond acceptors (Lipinski definition) is 4. The first-order chi connectivity index (χ1) is 14.2. The zero-order valence-corrected chi connectivity index (χ0v) is 16.4. The van der Waals surface area contributed by atoms with Crippen LogP contribution in [0.15, 0.2) is 42.7 Å². The van der Waals surface area contributed by atoms with Crippen LogP contribution in [-0.2, 0) is 6.42 Å². The molecule has 0 radical (unpaired) electrons. The second-order valence-corrected chi connectivity index (χ2v) is 7.19. The Kier molecular flexibility index (Phi) is 4.17. The van der Waals surface area contributed by atoms with Gasteiger partial charge in [0.1, 0.15) is 5.65 Å². The Balaban J connectivity index is 1.74. The van der Waals surface area contributed by atoms with Crippen LogP contribution in [0.2, 0.25) is 5.02 Å². The highest BCUT2D eigenvalue weighted by molar-refractivity contribution is 6.32. The maximum absolute atomic E-state index is 12.7. The van der Waals surface area contributed by atoms with E-state index in [1.807, 2.05) is 30.5 Å². The van der Waals surface area contributed by atoms with Gasteiger partial charge in [-0.1, -0.05) is 17.7 Å². The van der Waals surface area contributed by atoms with E-state index in [0.717, 1.165) is 34.4 Å². The Hall–Kier alpha value is -3.45. The van der Waals surface area contributed by atoms with Gasteiger partial charge in [0.15, 0.2) is 5.75 Å². The first-order valence-corrected chi connectivity index (χ1v) is 9.60. The molecule has 1 aliphatic heterocycles. The number of pyridine rings is 1. The van der Waals surface area contributed by atoms with Crippen LogP contribution in [0.3, 0.4) is 0 Å². The third-order valence-electron chi connectivity index (χ3n) is 5.13. The molecule has 7 nitrogen and oxygen atoms in total. The topological polar surface area (TPSA) is 94.8 Å². The number of halogens is 1. The van der Waals surface area contributed by atoms with Crippen molar-refractivity contribution >= 4 is 39.9 Å². The van der Waals surface area contributed by atoms with Gasteiger partial charge in [-0.25, -0.2) is 4.98 Å². The van der Waals surface area contributed by atoms with Crippen LogP contribution in [0.5, 0.6) is 5.75 Å². The monoisotopic (exact) mass is 407 g/mol. The van der Waals surface area contributed by atoms with E-state index in [4.69, 9.17) is 16.3 Å². The summed E-state index contributed by atoms with van der Waals surface area (Å²) >= 11 is 6.30. The Morgan fingerprint density at radius 3 is 3.00 bits per heavy atom. The Labute approximate surface area is 171 Å². The van der Waals surface area contributed by atoms with Crippen molar-refractivity contribution in [3.05, 3.63) is 59.0 Å². The van der Waals surface area contributed by atoms with Crippen LogP contribution < -0.4 is 15.4 Å². The normalized spacial score (nSPS) is 13.2. The van der Waals surface area contributed by atoms with Gasteiger partial charge in [0, 0.05) is 42.0 Å². The number of rotatable bonds is 4. The van der Waals surface area contributed by atoms with Crippen molar-refractivity contribution in [2.75, 3.05) is 19.0 Å². The minimum absolute atomic E-state index is 0.114. The third-order valence-corrected chi connectivity index (χ3v) is 5.42. The number of H-pyrrole nitrogens is 2. The predicted molar refractivity (Wildman–Crippen MR) is 113 cm³/mol. The van der Waals surface area contributed by atoms with E-state index < -0.39 is 0 Å². The lowest BCUT2D eigenvalue weighted by atomic mass is 10.0. The highest BCUT2D eigenvalue weighted by atomic mass is 35.5. The molecule has 0 saturated carbocycles. The van der Waals surface area contributed by atoms with E-state index in [-0.39, 0.29) is 5.91 Å². The molecule has 0 aliphatic carbocycles. The van der Waals surface area contributed by atoms with Gasteiger partial charge in [-0.15, -0.1) is 0 Å². The van der Waals surface area contributed by atoms with Gasteiger partial charge in [-0.05, 0) is 24.3 Å². The fraction of sp³-hybridized carbons (Fsp3) is 0.143. The van der Waals surface area contributed by atoms with E-state index in [9.17, 15) is 4.79 Å². The van der Waals surface area contributed by atoms with Crippen molar-refractivity contribution in [1.29, 1.82) is 0 Å². The van der Waals surface area contributed by atoms with Gasteiger partial charge < -0.3 is 25.3 Å². The van der Waals surface area contributed by atoms with Crippen LogP contribution in [-0.4, -0.2) is 34.5 Å². The third kappa shape index (κ3) is 2.82. The standard InChI is InChI=1S/C21H18ClN5O2/c1-29-19-13(22)3-2-4-15(19)27-18-16-14(7-10-25-21(16)28)26-17(18)11-5-8-23-20-12(11)6-9-24-20/h2-6,8-9,26-27H,7,10H2,1H3,(H,23,24)(H,25,28). The van der Waals surface area contributed by atoms with E-state index in [1.165, 1.54) is 0 Å². The molecular weight excluding hydrogens is 390 g/mol. The van der Waals surface area contributed by atoms with E-state index >= 15 is 0 Å². The van der Waals surface area contributed by atoms with Crippen molar-refractivity contribution in [3.8, 4) is 17.0 Å². The summed E-state index contributed by atoms with van der Waals surface area (Å²) in [5.74, 6) is 0.407. The lowest BCUT2D eigenvalue weighted by Crippen LogP contribution is -2.31. The molecule has 4 heterocycles. The minimum atomic E-state index is -0.114. The first kappa shape index (κ1) is 17.6. The SMILES string of the molecule is COc1c(Cl)cccc1Nc1c(-c2ccnc3[nH]ccc23)[nH]c2c1C(=O)NCC2. The van der Waals surface area contributed by atoms with Crippen LogP contribution in [0.1, 0.15) is 16.1 Å². The van der Waals surface area contributed by atoms with Gasteiger partial charge in [0.05, 0.1) is 34.8 Å². The minimum Gasteiger partial charge on any atom is -0.493 e. The number of amides is 1. The molecule has 3 aromatic heterocycles. The number of ether oxygens (including phenoxy) is 1. The second-order valence-electron chi connectivity index (χ2n) is 6.78. The number of aromatic amines is 2. The first-order valence-electron chi connectivity index (χ1n) is 9.22. The molecule has 0 fully saturated rings. The van der Waals surface area contributed by atoms with Crippen molar-refractivity contribution in [3.63, 3.8) is 0 Å². The van der Waals surface area contributed by atoms with E-state index in [2.05, 4.69) is 25.6 Å². The summed E-state index contributed by atoms with van der Waals surface area (Å²) in [6, 6.07) is 9.38. The molecule has 5 rings (SSSR count). The number of benzene rings is 1. The molecule has 0 saturated heterocycles. The van der Waals surface area contributed by atoms with Gasteiger partial charge in [-0.2, -0.15) is 0 Å². The number of methoxy groups -OCH3 is 1. The number of carbonyl (C=O) groups is 1. The van der Waals surface area contributed by atoms with Crippen LogP contribution in [0.4, 0.5) is 11.4 Å². The van der Waals surface area contributed by atoms with Gasteiger partial charge in [0.25, 0.3) is 5.91 Å². The quantitative estimate of drug-likeness (QED) is 0.406. The fourth-order valence-electron chi connectivity index (χ4n) is 3.83. The summed E-state index contributed by atoms with van der Waals surface area (Å²) in [6.07, 6.45) is 4.32. The predicted octanol–water partition coefficient (Wildman–Crippen LogP) is 4.25. The molecule has 1 amide bonds. The average molecular weight is 408 g/mol. The van der Waals surface area contributed by atoms with E-state index in [1.54, 1.807) is 19.4 Å². The average Bonchev–Trinajstić information content (AvgIpc) is 3.34. The molecule has 1 aliphatic rings. The number of nitrogens with zero attached hydrogens (tertiary/aromatic N) is 1. The molecule has 0 unspecified atom stereocenters. The molecule has 4 N–H and O–H groups in total. The number of para-hydroxylation sites is 1. The number of fused-ring (bicyclic) bond motifs is 2. The Morgan fingerprint density at radius 2 is 2.14 bits per heavy atom. The summed E-state index contributed by atoms with van der Waals surface area (Å²) in [4.78, 5) is 23.7. The summed E-state index contributed by atoms with van der Waals surface area (Å²) in [5.41, 5.74) is 5.42. The molecule has 8 heteroatoms. The molecule has 4 aromatic rings. The molecule has 146 valence electrons. The summed E-state index contributed by atoms with van der Waals surface area (Å²) in [5, 5.41) is 7.78.